The Morgan fingerprint density at radius 3 is 2.03 bits per heavy atom. The summed E-state index contributed by atoms with van der Waals surface area (Å²) in [5.41, 5.74) is -0.0314. The Kier molecular flexibility index (Phi) is 11.1. The molecule has 0 amide bonds. The van der Waals surface area contributed by atoms with E-state index in [1.807, 2.05) is 0 Å². The average molecular weight is 459 g/mol. The van der Waals surface area contributed by atoms with E-state index < -0.39 is 17.8 Å². The SMILES string of the molecule is CCCCCCCCCC(=O)Oc1ccc(C(=O)Oc2ccc(C(=O)OCC)c(F)c2)cc1. The van der Waals surface area contributed by atoms with Gasteiger partial charge in [-0.05, 0) is 49.7 Å². The molecular formula is C26H31FO6. The van der Waals surface area contributed by atoms with Gasteiger partial charge < -0.3 is 14.2 Å². The van der Waals surface area contributed by atoms with E-state index in [2.05, 4.69) is 6.92 Å². The fourth-order valence-electron chi connectivity index (χ4n) is 3.17. The molecule has 0 atom stereocenters. The van der Waals surface area contributed by atoms with E-state index in [0.717, 1.165) is 25.3 Å². The van der Waals surface area contributed by atoms with Crippen molar-refractivity contribution < 1.29 is 33.0 Å². The maximum Gasteiger partial charge on any atom is 0.343 e. The fourth-order valence-corrected chi connectivity index (χ4v) is 3.17. The summed E-state index contributed by atoms with van der Waals surface area (Å²) in [6.45, 7) is 3.92. The minimum Gasteiger partial charge on any atom is -0.462 e. The summed E-state index contributed by atoms with van der Waals surface area (Å²) in [5.74, 6) is -2.36. The first-order valence-corrected chi connectivity index (χ1v) is 11.4. The first kappa shape index (κ1) is 26.0. The molecule has 0 bridgehead atoms. The van der Waals surface area contributed by atoms with E-state index in [9.17, 15) is 18.8 Å². The van der Waals surface area contributed by atoms with Gasteiger partial charge in [0.2, 0.25) is 0 Å². The zero-order valence-corrected chi connectivity index (χ0v) is 19.2. The minimum absolute atomic E-state index is 0.0456. The Hall–Kier alpha value is -3.22. The van der Waals surface area contributed by atoms with Crippen molar-refractivity contribution in [2.45, 2.75) is 65.2 Å². The number of benzene rings is 2. The van der Waals surface area contributed by atoms with Crippen molar-refractivity contribution >= 4 is 17.9 Å². The number of halogens is 1. The smallest absolute Gasteiger partial charge is 0.343 e. The topological polar surface area (TPSA) is 78.9 Å². The van der Waals surface area contributed by atoms with Crippen LogP contribution in [0.5, 0.6) is 11.5 Å². The van der Waals surface area contributed by atoms with Crippen LogP contribution in [-0.2, 0) is 9.53 Å². The highest BCUT2D eigenvalue weighted by atomic mass is 19.1. The molecule has 0 heterocycles. The lowest BCUT2D eigenvalue weighted by molar-refractivity contribution is -0.134. The zero-order chi connectivity index (χ0) is 24.1. The van der Waals surface area contributed by atoms with Gasteiger partial charge in [0.1, 0.15) is 17.3 Å². The summed E-state index contributed by atoms with van der Waals surface area (Å²) in [6.07, 6.45) is 8.18. The van der Waals surface area contributed by atoms with Crippen LogP contribution in [0.2, 0.25) is 0 Å². The second-order valence-electron chi connectivity index (χ2n) is 7.62. The number of ether oxygens (including phenoxy) is 3. The number of hydrogen-bond donors (Lipinski definition) is 0. The zero-order valence-electron chi connectivity index (χ0n) is 19.2. The molecule has 6 nitrogen and oxygen atoms in total. The Morgan fingerprint density at radius 2 is 1.39 bits per heavy atom. The Balaban J connectivity index is 1.81. The van der Waals surface area contributed by atoms with Crippen LogP contribution in [0, 0.1) is 5.82 Å². The molecule has 0 saturated heterocycles. The van der Waals surface area contributed by atoms with Crippen LogP contribution in [0.3, 0.4) is 0 Å². The third-order valence-corrected chi connectivity index (χ3v) is 4.95. The molecule has 0 radical (unpaired) electrons. The van der Waals surface area contributed by atoms with Crippen molar-refractivity contribution in [1.82, 2.24) is 0 Å². The van der Waals surface area contributed by atoms with E-state index >= 15 is 0 Å². The van der Waals surface area contributed by atoms with Crippen LogP contribution in [0.25, 0.3) is 0 Å². The molecule has 0 aromatic heterocycles. The minimum atomic E-state index is -0.845. The van der Waals surface area contributed by atoms with Gasteiger partial charge in [0.25, 0.3) is 0 Å². The summed E-state index contributed by atoms with van der Waals surface area (Å²) in [7, 11) is 0. The maximum absolute atomic E-state index is 14.1. The molecule has 7 heteroatoms. The van der Waals surface area contributed by atoms with E-state index in [-0.39, 0.29) is 29.5 Å². The van der Waals surface area contributed by atoms with Crippen LogP contribution in [0.4, 0.5) is 4.39 Å². The van der Waals surface area contributed by atoms with Gasteiger partial charge in [-0.25, -0.2) is 14.0 Å². The highest BCUT2D eigenvalue weighted by molar-refractivity contribution is 5.92. The average Bonchev–Trinajstić information content (AvgIpc) is 2.79. The molecule has 2 aromatic rings. The number of rotatable bonds is 13. The van der Waals surface area contributed by atoms with Crippen molar-refractivity contribution in [3.8, 4) is 11.5 Å². The van der Waals surface area contributed by atoms with Crippen molar-refractivity contribution in [3.63, 3.8) is 0 Å². The molecule has 0 aliphatic rings. The quantitative estimate of drug-likeness (QED) is 0.200. The summed E-state index contributed by atoms with van der Waals surface area (Å²) in [6, 6.07) is 9.39. The van der Waals surface area contributed by atoms with Gasteiger partial charge in [-0.2, -0.15) is 0 Å². The Morgan fingerprint density at radius 1 is 0.758 bits per heavy atom. The second-order valence-corrected chi connectivity index (χ2v) is 7.62. The summed E-state index contributed by atoms with van der Waals surface area (Å²) >= 11 is 0. The number of unbranched alkanes of at least 4 members (excludes halogenated alkanes) is 6. The van der Waals surface area contributed by atoms with E-state index in [1.165, 1.54) is 62.1 Å². The number of esters is 3. The molecule has 0 N–H and O–H groups in total. The van der Waals surface area contributed by atoms with Gasteiger partial charge in [0, 0.05) is 12.5 Å². The first-order chi connectivity index (χ1) is 15.9. The third-order valence-electron chi connectivity index (χ3n) is 4.95. The molecule has 33 heavy (non-hydrogen) atoms. The molecule has 2 aromatic carbocycles. The lowest BCUT2D eigenvalue weighted by Gasteiger charge is -2.08. The van der Waals surface area contributed by atoms with E-state index in [0.29, 0.717) is 12.2 Å². The highest BCUT2D eigenvalue weighted by Crippen LogP contribution is 2.20. The van der Waals surface area contributed by atoms with Gasteiger partial charge in [0.15, 0.2) is 0 Å². The van der Waals surface area contributed by atoms with Gasteiger partial charge in [-0.3, -0.25) is 4.79 Å². The van der Waals surface area contributed by atoms with Crippen LogP contribution in [0.15, 0.2) is 42.5 Å². The standard InChI is InChI=1S/C26H31FO6/c1-3-5-6-7-8-9-10-11-24(28)32-20-14-12-19(13-15-20)25(29)33-21-16-17-22(23(27)18-21)26(30)31-4-2/h12-18H,3-11H2,1-2H3. The van der Waals surface area contributed by atoms with Crippen molar-refractivity contribution in [2.75, 3.05) is 6.61 Å². The monoisotopic (exact) mass is 458 g/mol. The van der Waals surface area contributed by atoms with Crippen molar-refractivity contribution in [3.05, 3.63) is 59.4 Å². The molecule has 0 aliphatic carbocycles. The van der Waals surface area contributed by atoms with Crippen molar-refractivity contribution in [1.29, 1.82) is 0 Å². The van der Waals surface area contributed by atoms with Crippen LogP contribution < -0.4 is 9.47 Å². The maximum atomic E-state index is 14.1. The van der Waals surface area contributed by atoms with Crippen LogP contribution in [-0.4, -0.2) is 24.5 Å². The fraction of sp³-hybridized carbons (Fsp3) is 0.423. The summed E-state index contributed by atoms with van der Waals surface area (Å²) in [5, 5.41) is 0. The summed E-state index contributed by atoms with van der Waals surface area (Å²) < 4.78 is 29.3. The molecule has 0 spiro atoms. The van der Waals surface area contributed by atoms with Crippen molar-refractivity contribution in [2.24, 2.45) is 0 Å². The van der Waals surface area contributed by atoms with Gasteiger partial charge >= 0.3 is 17.9 Å². The molecule has 0 unspecified atom stereocenters. The predicted molar refractivity (Wildman–Crippen MR) is 122 cm³/mol. The Bertz CT molecular complexity index is 923. The third kappa shape index (κ3) is 9.04. The predicted octanol–water partition coefficient (Wildman–Crippen LogP) is 6.27. The number of carbonyl (C=O) groups is 3. The van der Waals surface area contributed by atoms with E-state index in [1.54, 1.807) is 6.92 Å². The first-order valence-electron chi connectivity index (χ1n) is 11.4. The normalized spacial score (nSPS) is 10.5. The Labute approximate surface area is 194 Å². The molecule has 2 rings (SSSR count). The second kappa shape index (κ2) is 14.0. The molecule has 0 fully saturated rings. The van der Waals surface area contributed by atoms with Gasteiger partial charge in [-0.1, -0.05) is 45.4 Å². The molecular weight excluding hydrogens is 427 g/mol. The highest BCUT2D eigenvalue weighted by Gasteiger charge is 2.16. The lowest BCUT2D eigenvalue weighted by Crippen LogP contribution is -2.11. The number of hydrogen-bond acceptors (Lipinski definition) is 6. The number of carbonyl (C=O) groups excluding carboxylic acids is 3. The van der Waals surface area contributed by atoms with Crippen LogP contribution in [0.1, 0.15) is 85.9 Å². The van der Waals surface area contributed by atoms with Gasteiger partial charge in [-0.15, -0.1) is 0 Å². The van der Waals surface area contributed by atoms with E-state index in [4.69, 9.17) is 14.2 Å². The molecule has 0 saturated carbocycles. The molecule has 178 valence electrons. The lowest BCUT2D eigenvalue weighted by atomic mass is 10.1. The van der Waals surface area contributed by atoms with Crippen LogP contribution >= 0.6 is 0 Å². The summed E-state index contributed by atoms with van der Waals surface area (Å²) in [4.78, 5) is 35.9. The van der Waals surface area contributed by atoms with Gasteiger partial charge in [0.05, 0.1) is 17.7 Å². The molecule has 0 aliphatic heterocycles. The largest absolute Gasteiger partial charge is 0.462 e.